The van der Waals surface area contributed by atoms with Crippen molar-refractivity contribution in [3.05, 3.63) is 59.3 Å². The molecule has 2 atom stereocenters. The SMILES string of the molecule is COc1ccc2[nH]c3c(c2c1)C[C@@]1(C)C(=O)N(CCCN(C)C2CC2)C(=O)N1[C@@H]3c1cccc(O)c1. The van der Waals surface area contributed by atoms with E-state index in [2.05, 4.69) is 16.9 Å². The van der Waals surface area contributed by atoms with Gasteiger partial charge in [-0.05, 0) is 81.2 Å². The number of nitrogens with one attached hydrogen (secondary N) is 1. The van der Waals surface area contributed by atoms with Crippen LogP contribution in [-0.2, 0) is 11.2 Å². The van der Waals surface area contributed by atoms with E-state index in [1.807, 2.05) is 31.2 Å². The summed E-state index contributed by atoms with van der Waals surface area (Å²) < 4.78 is 5.47. The lowest BCUT2D eigenvalue weighted by atomic mass is 9.81. The summed E-state index contributed by atoms with van der Waals surface area (Å²) in [5.74, 6) is 0.702. The van der Waals surface area contributed by atoms with Crippen molar-refractivity contribution < 1.29 is 19.4 Å². The molecule has 8 heteroatoms. The number of rotatable bonds is 7. The van der Waals surface area contributed by atoms with Crippen LogP contribution in [0.2, 0.25) is 0 Å². The van der Waals surface area contributed by atoms with Crippen LogP contribution in [0.15, 0.2) is 42.5 Å². The fourth-order valence-corrected chi connectivity index (χ4v) is 6.03. The number of amides is 3. The Balaban J connectivity index is 1.42. The van der Waals surface area contributed by atoms with Crippen molar-refractivity contribution in [3.8, 4) is 11.5 Å². The minimum Gasteiger partial charge on any atom is -0.508 e. The van der Waals surface area contributed by atoms with Gasteiger partial charge < -0.3 is 19.7 Å². The molecule has 0 unspecified atom stereocenters. The Kier molecular flexibility index (Phi) is 5.26. The lowest BCUT2D eigenvalue weighted by Gasteiger charge is -2.42. The lowest BCUT2D eigenvalue weighted by molar-refractivity contribution is -0.133. The van der Waals surface area contributed by atoms with Crippen molar-refractivity contribution in [2.24, 2.45) is 0 Å². The van der Waals surface area contributed by atoms with Gasteiger partial charge in [-0.1, -0.05) is 12.1 Å². The molecule has 1 saturated carbocycles. The van der Waals surface area contributed by atoms with Crippen LogP contribution in [-0.4, -0.2) is 75.6 Å². The van der Waals surface area contributed by atoms with E-state index >= 15 is 0 Å². The highest BCUT2D eigenvalue weighted by Crippen LogP contribution is 2.49. The summed E-state index contributed by atoms with van der Waals surface area (Å²) in [6, 6.07) is 12.7. The molecule has 3 aromatic rings. The molecule has 0 radical (unpaired) electrons. The number of benzene rings is 2. The van der Waals surface area contributed by atoms with Gasteiger partial charge in [0, 0.05) is 35.6 Å². The van der Waals surface area contributed by atoms with E-state index in [0.29, 0.717) is 19.0 Å². The zero-order chi connectivity index (χ0) is 25.2. The van der Waals surface area contributed by atoms with Gasteiger partial charge in [0.25, 0.3) is 5.91 Å². The number of aromatic nitrogens is 1. The third-order valence-corrected chi connectivity index (χ3v) is 8.12. The number of methoxy groups -OCH3 is 1. The number of nitrogens with zero attached hydrogens (tertiary/aromatic N) is 3. The number of aromatic amines is 1. The second-order valence-electron chi connectivity index (χ2n) is 10.6. The van der Waals surface area contributed by atoms with Gasteiger partial charge in [0.1, 0.15) is 23.1 Å². The number of carbonyl (C=O) groups is 2. The van der Waals surface area contributed by atoms with Gasteiger partial charge in [0.2, 0.25) is 0 Å². The van der Waals surface area contributed by atoms with Crippen LogP contribution in [0.4, 0.5) is 4.79 Å². The molecule has 1 aromatic heterocycles. The number of hydrogen-bond acceptors (Lipinski definition) is 5. The average molecular weight is 489 g/mol. The molecule has 2 N–H and O–H groups in total. The van der Waals surface area contributed by atoms with Crippen molar-refractivity contribution in [1.29, 1.82) is 0 Å². The summed E-state index contributed by atoms with van der Waals surface area (Å²) in [6.07, 6.45) is 3.61. The molecule has 2 aromatic carbocycles. The zero-order valence-electron chi connectivity index (χ0n) is 21.0. The van der Waals surface area contributed by atoms with Crippen LogP contribution in [0.1, 0.15) is 49.0 Å². The first-order valence-electron chi connectivity index (χ1n) is 12.6. The summed E-state index contributed by atoms with van der Waals surface area (Å²) in [5, 5.41) is 11.3. The van der Waals surface area contributed by atoms with Gasteiger partial charge in [0.15, 0.2) is 0 Å². The number of ether oxygens (including phenoxy) is 1. The van der Waals surface area contributed by atoms with E-state index in [1.54, 1.807) is 30.2 Å². The van der Waals surface area contributed by atoms with Crippen molar-refractivity contribution in [1.82, 2.24) is 19.7 Å². The van der Waals surface area contributed by atoms with Crippen molar-refractivity contribution >= 4 is 22.8 Å². The second-order valence-corrected chi connectivity index (χ2v) is 10.6. The van der Waals surface area contributed by atoms with Crippen molar-refractivity contribution in [2.45, 2.75) is 50.2 Å². The number of carbonyl (C=O) groups excluding carboxylic acids is 2. The van der Waals surface area contributed by atoms with E-state index in [0.717, 1.165) is 46.4 Å². The molecule has 3 amide bonds. The minimum atomic E-state index is -1.03. The normalized spacial score (nSPS) is 23.5. The van der Waals surface area contributed by atoms with Gasteiger partial charge in [-0.2, -0.15) is 0 Å². The molecule has 3 aliphatic rings. The molecule has 1 aliphatic carbocycles. The van der Waals surface area contributed by atoms with Crippen LogP contribution < -0.4 is 4.74 Å². The van der Waals surface area contributed by atoms with Crippen LogP contribution >= 0.6 is 0 Å². The molecule has 0 spiro atoms. The summed E-state index contributed by atoms with van der Waals surface area (Å²) in [7, 11) is 3.75. The first-order chi connectivity index (χ1) is 17.3. The Bertz CT molecular complexity index is 1360. The number of phenols is 1. The van der Waals surface area contributed by atoms with Gasteiger partial charge in [-0.25, -0.2) is 4.79 Å². The highest BCUT2D eigenvalue weighted by molar-refractivity contribution is 6.08. The van der Waals surface area contributed by atoms with Crippen LogP contribution in [0.3, 0.4) is 0 Å². The summed E-state index contributed by atoms with van der Waals surface area (Å²) >= 11 is 0. The van der Waals surface area contributed by atoms with Gasteiger partial charge in [-0.3, -0.25) is 14.6 Å². The first-order valence-corrected chi connectivity index (χ1v) is 12.6. The Morgan fingerprint density at radius 3 is 2.72 bits per heavy atom. The number of phenolic OH excluding ortho intramolecular Hbond substituents is 1. The van der Waals surface area contributed by atoms with Crippen LogP contribution in [0.25, 0.3) is 10.9 Å². The summed E-state index contributed by atoms with van der Waals surface area (Å²) in [4.78, 5) is 36.8. The highest BCUT2D eigenvalue weighted by atomic mass is 16.5. The second kappa shape index (κ2) is 8.27. The molecular formula is C28H32N4O4. The third kappa shape index (κ3) is 3.46. The maximum Gasteiger partial charge on any atom is 0.328 e. The molecule has 36 heavy (non-hydrogen) atoms. The number of aromatic hydroxyl groups is 1. The number of H-pyrrole nitrogens is 1. The van der Waals surface area contributed by atoms with E-state index in [4.69, 9.17) is 4.74 Å². The maximum absolute atomic E-state index is 13.9. The molecule has 2 fully saturated rings. The number of hydrogen-bond donors (Lipinski definition) is 2. The Hall–Kier alpha value is -3.52. The van der Waals surface area contributed by atoms with Crippen LogP contribution in [0, 0.1) is 0 Å². The van der Waals surface area contributed by atoms with Gasteiger partial charge >= 0.3 is 6.03 Å². The molecule has 3 heterocycles. The number of imide groups is 1. The predicted octanol–water partition coefficient (Wildman–Crippen LogP) is 4.03. The highest BCUT2D eigenvalue weighted by Gasteiger charge is 2.60. The fraction of sp³-hybridized carbons (Fsp3) is 0.429. The molecule has 188 valence electrons. The van der Waals surface area contributed by atoms with Crippen molar-refractivity contribution in [3.63, 3.8) is 0 Å². The minimum absolute atomic E-state index is 0.122. The lowest BCUT2D eigenvalue weighted by Crippen LogP contribution is -2.53. The molecule has 8 nitrogen and oxygen atoms in total. The van der Waals surface area contributed by atoms with E-state index in [-0.39, 0.29) is 17.7 Å². The largest absolute Gasteiger partial charge is 0.508 e. The Labute approximate surface area is 210 Å². The molecule has 6 rings (SSSR count). The van der Waals surface area contributed by atoms with Crippen LogP contribution in [0.5, 0.6) is 11.5 Å². The summed E-state index contributed by atoms with van der Waals surface area (Å²) in [6.45, 7) is 3.13. The third-order valence-electron chi connectivity index (χ3n) is 8.12. The van der Waals surface area contributed by atoms with E-state index < -0.39 is 11.6 Å². The molecule has 0 bridgehead atoms. The molecule has 1 saturated heterocycles. The number of urea groups is 1. The van der Waals surface area contributed by atoms with Gasteiger partial charge in [0.05, 0.1) is 7.11 Å². The van der Waals surface area contributed by atoms with E-state index in [9.17, 15) is 14.7 Å². The quantitative estimate of drug-likeness (QED) is 0.490. The first kappa shape index (κ1) is 22.9. The van der Waals surface area contributed by atoms with Crippen molar-refractivity contribution in [2.75, 3.05) is 27.2 Å². The Morgan fingerprint density at radius 2 is 2.00 bits per heavy atom. The smallest absolute Gasteiger partial charge is 0.328 e. The Morgan fingerprint density at radius 1 is 1.19 bits per heavy atom. The molecule has 2 aliphatic heterocycles. The van der Waals surface area contributed by atoms with E-state index in [1.165, 1.54) is 17.7 Å². The molecular weight excluding hydrogens is 456 g/mol. The maximum atomic E-state index is 13.9. The predicted molar refractivity (Wildman–Crippen MR) is 136 cm³/mol. The van der Waals surface area contributed by atoms with Gasteiger partial charge in [-0.15, -0.1) is 0 Å². The topological polar surface area (TPSA) is 89.1 Å². The summed E-state index contributed by atoms with van der Waals surface area (Å²) in [5.41, 5.74) is 2.54. The monoisotopic (exact) mass is 488 g/mol. The zero-order valence-corrected chi connectivity index (χ0v) is 21.0. The number of fused-ring (bicyclic) bond motifs is 4. The fourth-order valence-electron chi connectivity index (χ4n) is 6.03. The average Bonchev–Trinajstić information content (AvgIpc) is 3.63. The standard InChI is InChI=1S/C28H32N4O4/c1-28-16-22-21-15-20(36-3)10-11-23(21)29-24(22)25(17-6-4-7-19(33)14-17)32(28)27(35)31(26(28)34)13-5-12-30(2)18-8-9-18/h4,6-7,10-11,14-15,18,25,29,33H,5,8-9,12-13,16H2,1-3H3/t25-,28+/m1/s1.